The maximum atomic E-state index is 11.9. The average molecular weight is 384 g/mol. The monoisotopic (exact) mass is 384 g/mol. The van der Waals surface area contributed by atoms with Crippen LogP contribution in [0.4, 0.5) is 5.69 Å². The molecule has 0 aliphatic heterocycles. The maximum absolute atomic E-state index is 11.9. The summed E-state index contributed by atoms with van der Waals surface area (Å²) in [6, 6.07) is 15.5. The van der Waals surface area contributed by atoms with Crippen molar-refractivity contribution in [2.45, 2.75) is 13.5 Å². The first kappa shape index (κ1) is 21.1. The largest absolute Gasteiger partial charge is 0.493 e. The fraction of sp³-hybridized carbons (Fsp3) is 0.333. The first-order valence-electron chi connectivity index (χ1n) is 9.13. The Balaban J connectivity index is 2.18. The van der Waals surface area contributed by atoms with Crippen LogP contribution >= 0.6 is 0 Å². The van der Waals surface area contributed by atoms with Gasteiger partial charge in [0.2, 0.25) is 5.91 Å². The van der Waals surface area contributed by atoms with E-state index in [1.165, 1.54) is 4.90 Å². The second-order valence-corrected chi connectivity index (χ2v) is 6.22. The summed E-state index contributed by atoms with van der Waals surface area (Å²) in [7, 11) is 5.04. The van der Waals surface area contributed by atoms with E-state index in [4.69, 9.17) is 9.47 Å². The van der Waals surface area contributed by atoms with Gasteiger partial charge in [-0.25, -0.2) is 4.99 Å². The molecule has 0 atom stereocenters. The Morgan fingerprint density at radius 1 is 1.11 bits per heavy atom. The molecule has 0 saturated heterocycles. The van der Waals surface area contributed by atoms with E-state index in [2.05, 4.69) is 15.6 Å². The second-order valence-electron chi connectivity index (χ2n) is 6.22. The van der Waals surface area contributed by atoms with Crippen LogP contribution in [0, 0.1) is 0 Å². The molecule has 0 bridgehead atoms. The molecule has 0 aliphatic rings. The Labute approximate surface area is 166 Å². The number of aliphatic imine (C=N–C) groups is 1. The van der Waals surface area contributed by atoms with Crippen molar-refractivity contribution in [3.8, 4) is 11.5 Å². The highest BCUT2D eigenvalue weighted by Gasteiger charge is 2.09. The van der Waals surface area contributed by atoms with Gasteiger partial charge in [-0.15, -0.1) is 0 Å². The quantitative estimate of drug-likeness (QED) is 0.541. The van der Waals surface area contributed by atoms with Gasteiger partial charge in [0.05, 0.1) is 26.8 Å². The number of carbonyl (C=O) groups excluding carboxylic acids is 1. The molecular formula is C21H28N4O3. The van der Waals surface area contributed by atoms with Crippen LogP contribution in [-0.4, -0.2) is 51.1 Å². The standard InChI is InChI=1S/C21H28N4O3/c1-5-28-19-13-17(11-12-18(19)27-4)24-21(23-15-20(26)25(2)3)22-14-16-9-7-6-8-10-16/h6-13H,5,14-15H2,1-4H3,(H2,22,23,24). The number of hydrogen-bond donors (Lipinski definition) is 2. The van der Waals surface area contributed by atoms with Crippen LogP contribution in [0.25, 0.3) is 0 Å². The third-order valence-electron chi connectivity index (χ3n) is 3.89. The number of anilines is 1. The Morgan fingerprint density at radius 2 is 1.86 bits per heavy atom. The van der Waals surface area contributed by atoms with Crippen molar-refractivity contribution < 1.29 is 14.3 Å². The third-order valence-corrected chi connectivity index (χ3v) is 3.89. The number of carbonyl (C=O) groups is 1. The van der Waals surface area contributed by atoms with Gasteiger partial charge in [0.25, 0.3) is 0 Å². The molecule has 2 N–H and O–H groups in total. The van der Waals surface area contributed by atoms with Crippen LogP contribution in [0.2, 0.25) is 0 Å². The average Bonchev–Trinajstić information content (AvgIpc) is 2.71. The zero-order chi connectivity index (χ0) is 20.4. The summed E-state index contributed by atoms with van der Waals surface area (Å²) in [5.41, 5.74) is 1.85. The van der Waals surface area contributed by atoms with Crippen LogP contribution in [0.1, 0.15) is 12.5 Å². The van der Waals surface area contributed by atoms with Gasteiger partial charge < -0.3 is 25.0 Å². The molecule has 7 nitrogen and oxygen atoms in total. The van der Waals surface area contributed by atoms with E-state index in [1.807, 2.05) is 55.5 Å². The van der Waals surface area contributed by atoms with Crippen LogP contribution < -0.4 is 20.1 Å². The fourth-order valence-corrected chi connectivity index (χ4v) is 2.37. The van der Waals surface area contributed by atoms with E-state index < -0.39 is 0 Å². The number of guanidine groups is 1. The molecule has 0 aliphatic carbocycles. The molecule has 0 heterocycles. The summed E-state index contributed by atoms with van der Waals surface area (Å²) < 4.78 is 10.9. The molecule has 2 aromatic carbocycles. The van der Waals surface area contributed by atoms with Gasteiger partial charge in [-0.1, -0.05) is 30.3 Å². The third kappa shape index (κ3) is 6.50. The fourth-order valence-electron chi connectivity index (χ4n) is 2.37. The molecule has 0 spiro atoms. The summed E-state index contributed by atoms with van der Waals surface area (Å²) >= 11 is 0. The van der Waals surface area contributed by atoms with Crippen molar-refractivity contribution in [1.29, 1.82) is 0 Å². The number of nitrogens with zero attached hydrogens (tertiary/aromatic N) is 2. The molecule has 0 unspecified atom stereocenters. The van der Waals surface area contributed by atoms with E-state index in [0.29, 0.717) is 30.6 Å². The van der Waals surface area contributed by atoms with Gasteiger partial charge in [0.1, 0.15) is 0 Å². The number of hydrogen-bond acceptors (Lipinski definition) is 4. The van der Waals surface area contributed by atoms with Crippen molar-refractivity contribution in [3.05, 3.63) is 54.1 Å². The van der Waals surface area contributed by atoms with Gasteiger partial charge in [-0.2, -0.15) is 0 Å². The van der Waals surface area contributed by atoms with Crippen molar-refractivity contribution in [2.24, 2.45) is 4.99 Å². The van der Waals surface area contributed by atoms with Crippen molar-refractivity contribution in [1.82, 2.24) is 10.2 Å². The van der Waals surface area contributed by atoms with E-state index in [9.17, 15) is 4.79 Å². The van der Waals surface area contributed by atoms with Gasteiger partial charge in [-0.3, -0.25) is 4.79 Å². The summed E-state index contributed by atoms with van der Waals surface area (Å²) in [6.07, 6.45) is 0. The second kappa shape index (κ2) is 10.8. The van der Waals surface area contributed by atoms with Gasteiger partial charge >= 0.3 is 0 Å². The highest BCUT2D eigenvalue weighted by Crippen LogP contribution is 2.30. The SMILES string of the molecule is CCOc1cc(NC(=NCc2ccccc2)NCC(=O)N(C)C)ccc1OC. The number of benzene rings is 2. The summed E-state index contributed by atoms with van der Waals surface area (Å²) in [6.45, 7) is 3.08. The Bertz CT molecular complexity index is 791. The van der Waals surface area contributed by atoms with Crippen molar-refractivity contribution in [3.63, 3.8) is 0 Å². The van der Waals surface area contributed by atoms with Gasteiger partial charge in [0, 0.05) is 25.8 Å². The van der Waals surface area contributed by atoms with Crippen LogP contribution in [-0.2, 0) is 11.3 Å². The van der Waals surface area contributed by atoms with Gasteiger partial charge in [0.15, 0.2) is 17.5 Å². The summed E-state index contributed by atoms with van der Waals surface area (Å²) in [5.74, 6) is 1.76. The number of amides is 1. The van der Waals surface area contributed by atoms with Crippen LogP contribution in [0.3, 0.4) is 0 Å². The summed E-state index contributed by atoms with van der Waals surface area (Å²) in [4.78, 5) is 18.1. The van der Waals surface area contributed by atoms with Crippen molar-refractivity contribution in [2.75, 3.05) is 39.7 Å². The van der Waals surface area contributed by atoms with E-state index >= 15 is 0 Å². The lowest BCUT2D eigenvalue weighted by atomic mass is 10.2. The van der Waals surface area contributed by atoms with E-state index in [0.717, 1.165) is 11.3 Å². The highest BCUT2D eigenvalue weighted by atomic mass is 16.5. The molecular weight excluding hydrogens is 356 g/mol. The van der Waals surface area contributed by atoms with E-state index in [-0.39, 0.29) is 12.5 Å². The lowest BCUT2D eigenvalue weighted by Gasteiger charge is -2.16. The molecule has 2 aromatic rings. The minimum atomic E-state index is -0.0426. The lowest BCUT2D eigenvalue weighted by molar-refractivity contribution is -0.127. The number of ether oxygens (including phenoxy) is 2. The molecule has 0 saturated carbocycles. The highest BCUT2D eigenvalue weighted by molar-refractivity contribution is 5.96. The minimum Gasteiger partial charge on any atom is -0.493 e. The number of nitrogens with one attached hydrogen (secondary N) is 2. The predicted octanol–water partition coefficient (Wildman–Crippen LogP) is 2.74. The number of likely N-dealkylation sites (N-methyl/N-ethyl adjacent to an activating group) is 1. The molecule has 0 fully saturated rings. The number of methoxy groups -OCH3 is 1. The lowest BCUT2D eigenvalue weighted by Crippen LogP contribution is -2.39. The molecule has 150 valence electrons. The first-order chi connectivity index (χ1) is 13.5. The molecule has 2 rings (SSSR count). The topological polar surface area (TPSA) is 75.2 Å². The maximum Gasteiger partial charge on any atom is 0.241 e. The molecule has 28 heavy (non-hydrogen) atoms. The normalized spacial score (nSPS) is 10.9. The Morgan fingerprint density at radius 3 is 2.50 bits per heavy atom. The molecule has 7 heteroatoms. The summed E-state index contributed by atoms with van der Waals surface area (Å²) in [5, 5.41) is 6.30. The van der Waals surface area contributed by atoms with Crippen LogP contribution in [0.5, 0.6) is 11.5 Å². The van der Waals surface area contributed by atoms with Crippen molar-refractivity contribution >= 4 is 17.6 Å². The molecule has 0 radical (unpaired) electrons. The zero-order valence-corrected chi connectivity index (χ0v) is 16.9. The van der Waals surface area contributed by atoms with E-state index in [1.54, 1.807) is 21.2 Å². The zero-order valence-electron chi connectivity index (χ0n) is 16.9. The Kier molecular flexibility index (Phi) is 8.14. The smallest absolute Gasteiger partial charge is 0.241 e. The van der Waals surface area contributed by atoms with Crippen LogP contribution in [0.15, 0.2) is 53.5 Å². The predicted molar refractivity (Wildman–Crippen MR) is 112 cm³/mol. The van der Waals surface area contributed by atoms with Gasteiger partial charge in [-0.05, 0) is 24.6 Å². The molecule has 1 amide bonds. The first-order valence-corrected chi connectivity index (χ1v) is 9.13. The Hall–Kier alpha value is -3.22. The number of rotatable bonds is 8. The molecule has 0 aromatic heterocycles. The minimum absolute atomic E-state index is 0.0426.